The summed E-state index contributed by atoms with van der Waals surface area (Å²) < 4.78 is 4.71. The lowest BCUT2D eigenvalue weighted by Gasteiger charge is -1.96. The Morgan fingerprint density at radius 1 is 1.50 bits per heavy atom. The molecule has 0 bridgehead atoms. The number of rotatable bonds is 0. The number of ether oxygens (including phenoxy) is 1. The number of cyclic esters (lactones) is 1. The summed E-state index contributed by atoms with van der Waals surface area (Å²) in [5.74, 6) is -0.431. The van der Waals surface area contributed by atoms with Gasteiger partial charge in [0.25, 0.3) is 0 Å². The first kappa shape index (κ1) is 7.83. The Kier molecular flexibility index (Phi) is 1.70. The summed E-state index contributed by atoms with van der Waals surface area (Å²) in [4.78, 5) is 14.9. The highest BCUT2D eigenvalue weighted by atomic mass is 35.5. The van der Waals surface area contributed by atoms with Gasteiger partial charge in [0.15, 0.2) is 0 Å². The highest BCUT2D eigenvalue weighted by molar-refractivity contribution is 6.36. The number of carbonyl (C=O) groups is 1. The van der Waals surface area contributed by atoms with Gasteiger partial charge in [0.05, 0.1) is 10.7 Å². The van der Waals surface area contributed by atoms with Crippen molar-refractivity contribution < 1.29 is 9.53 Å². The third kappa shape index (κ3) is 1.06. The summed E-state index contributed by atoms with van der Waals surface area (Å²) in [6.45, 7) is 0.161. The van der Waals surface area contributed by atoms with Gasteiger partial charge < -0.3 is 4.74 Å². The zero-order valence-corrected chi connectivity index (χ0v) is 7.32. The SMILES string of the molecule is O=C1OCc2nc(Cl)cc(Cl)c21. The number of aromatic nitrogens is 1. The maximum absolute atomic E-state index is 11.0. The topological polar surface area (TPSA) is 39.2 Å². The van der Waals surface area contributed by atoms with Gasteiger partial charge in [-0.15, -0.1) is 0 Å². The molecule has 1 aromatic rings. The van der Waals surface area contributed by atoms with E-state index in [0.717, 1.165) is 0 Å². The van der Waals surface area contributed by atoms with Gasteiger partial charge in [0, 0.05) is 0 Å². The second-order valence-corrected chi connectivity index (χ2v) is 3.12. The van der Waals surface area contributed by atoms with Crippen LogP contribution in [0.25, 0.3) is 0 Å². The van der Waals surface area contributed by atoms with Crippen molar-refractivity contribution in [2.75, 3.05) is 0 Å². The highest BCUT2D eigenvalue weighted by Crippen LogP contribution is 2.27. The van der Waals surface area contributed by atoms with Crippen LogP contribution in [0.15, 0.2) is 6.07 Å². The van der Waals surface area contributed by atoms with Crippen LogP contribution in [0.3, 0.4) is 0 Å². The fraction of sp³-hybridized carbons (Fsp3) is 0.143. The molecule has 0 aromatic carbocycles. The summed E-state index contributed by atoms with van der Waals surface area (Å²) >= 11 is 11.4. The number of carbonyl (C=O) groups excluding carboxylic acids is 1. The second-order valence-electron chi connectivity index (χ2n) is 2.32. The van der Waals surface area contributed by atoms with Crippen LogP contribution in [-0.4, -0.2) is 11.0 Å². The number of halogens is 2. The molecule has 0 saturated carbocycles. The normalized spacial score (nSPS) is 14.3. The van der Waals surface area contributed by atoms with Crippen LogP contribution >= 0.6 is 23.2 Å². The van der Waals surface area contributed by atoms with Crippen LogP contribution in [0.2, 0.25) is 10.2 Å². The Labute approximate surface area is 78.3 Å². The van der Waals surface area contributed by atoms with Gasteiger partial charge in [-0.25, -0.2) is 9.78 Å². The molecule has 0 radical (unpaired) electrons. The molecule has 0 unspecified atom stereocenters. The first-order valence-electron chi connectivity index (χ1n) is 3.20. The van der Waals surface area contributed by atoms with E-state index in [2.05, 4.69) is 4.98 Å². The van der Waals surface area contributed by atoms with Gasteiger partial charge >= 0.3 is 5.97 Å². The lowest BCUT2D eigenvalue weighted by Crippen LogP contribution is -1.95. The largest absolute Gasteiger partial charge is 0.455 e. The fourth-order valence-electron chi connectivity index (χ4n) is 1.06. The molecule has 2 rings (SSSR count). The molecule has 2 heterocycles. The lowest BCUT2D eigenvalue weighted by atomic mass is 10.2. The van der Waals surface area contributed by atoms with Gasteiger partial charge in [-0.2, -0.15) is 0 Å². The number of fused-ring (bicyclic) bond motifs is 1. The van der Waals surface area contributed by atoms with Gasteiger partial charge in [-0.3, -0.25) is 0 Å². The van der Waals surface area contributed by atoms with E-state index in [4.69, 9.17) is 27.9 Å². The average molecular weight is 204 g/mol. The zero-order chi connectivity index (χ0) is 8.72. The Morgan fingerprint density at radius 3 is 3.00 bits per heavy atom. The molecular formula is C7H3Cl2NO2. The van der Waals surface area contributed by atoms with Gasteiger partial charge in [-0.1, -0.05) is 23.2 Å². The van der Waals surface area contributed by atoms with E-state index in [1.54, 1.807) is 0 Å². The monoisotopic (exact) mass is 203 g/mol. The van der Waals surface area contributed by atoms with E-state index in [1.165, 1.54) is 6.07 Å². The van der Waals surface area contributed by atoms with Crippen LogP contribution in [-0.2, 0) is 11.3 Å². The van der Waals surface area contributed by atoms with E-state index < -0.39 is 5.97 Å². The number of nitrogens with zero attached hydrogens (tertiary/aromatic N) is 1. The Bertz CT molecular complexity index is 365. The van der Waals surface area contributed by atoms with E-state index in [-0.39, 0.29) is 11.8 Å². The van der Waals surface area contributed by atoms with Crippen LogP contribution in [0.5, 0.6) is 0 Å². The van der Waals surface area contributed by atoms with E-state index in [9.17, 15) is 4.79 Å². The second kappa shape index (κ2) is 2.61. The predicted octanol–water partition coefficient (Wildman–Crippen LogP) is 2.06. The molecule has 0 N–H and O–H groups in total. The van der Waals surface area contributed by atoms with Crippen molar-refractivity contribution in [1.82, 2.24) is 4.98 Å². The Balaban J connectivity index is 2.68. The molecule has 1 aromatic heterocycles. The molecule has 0 fully saturated rings. The summed E-state index contributed by atoms with van der Waals surface area (Å²) in [5, 5.41) is 0.574. The number of hydrogen-bond acceptors (Lipinski definition) is 3. The minimum atomic E-state index is -0.431. The molecule has 0 atom stereocenters. The molecule has 3 nitrogen and oxygen atoms in total. The van der Waals surface area contributed by atoms with Crippen molar-refractivity contribution in [3.8, 4) is 0 Å². The van der Waals surface area contributed by atoms with Crippen molar-refractivity contribution in [2.24, 2.45) is 0 Å². The molecular weight excluding hydrogens is 201 g/mol. The molecule has 0 amide bonds. The predicted molar refractivity (Wildman–Crippen MR) is 43.4 cm³/mol. The molecule has 1 aliphatic rings. The summed E-state index contributed by atoms with van der Waals surface area (Å²) in [5.41, 5.74) is 0.846. The summed E-state index contributed by atoms with van der Waals surface area (Å²) in [6.07, 6.45) is 0. The third-order valence-corrected chi connectivity index (χ3v) is 2.05. The lowest BCUT2D eigenvalue weighted by molar-refractivity contribution is 0.0533. The Hall–Kier alpha value is -0.800. The summed E-state index contributed by atoms with van der Waals surface area (Å²) in [6, 6.07) is 1.43. The van der Waals surface area contributed by atoms with E-state index in [0.29, 0.717) is 16.3 Å². The quantitative estimate of drug-likeness (QED) is 0.479. The molecule has 0 saturated heterocycles. The van der Waals surface area contributed by atoms with Crippen LogP contribution < -0.4 is 0 Å². The van der Waals surface area contributed by atoms with Crippen molar-refractivity contribution in [1.29, 1.82) is 0 Å². The van der Waals surface area contributed by atoms with Crippen molar-refractivity contribution in [2.45, 2.75) is 6.61 Å². The smallest absolute Gasteiger partial charge is 0.342 e. The van der Waals surface area contributed by atoms with Gasteiger partial charge in [-0.05, 0) is 6.07 Å². The third-order valence-electron chi connectivity index (χ3n) is 1.56. The molecule has 5 heteroatoms. The standard InChI is InChI=1S/C7H3Cl2NO2/c8-3-1-5(9)10-4-2-12-7(11)6(3)4/h1H,2H2. The maximum Gasteiger partial charge on any atom is 0.342 e. The first-order valence-corrected chi connectivity index (χ1v) is 3.96. The molecule has 0 spiro atoms. The molecule has 12 heavy (non-hydrogen) atoms. The van der Waals surface area contributed by atoms with Crippen molar-refractivity contribution >= 4 is 29.2 Å². The molecule has 1 aliphatic heterocycles. The maximum atomic E-state index is 11.0. The molecule has 62 valence electrons. The summed E-state index contributed by atoms with van der Waals surface area (Å²) in [7, 11) is 0. The fourth-order valence-corrected chi connectivity index (χ4v) is 1.61. The number of esters is 1. The van der Waals surface area contributed by atoms with Crippen LogP contribution in [0.1, 0.15) is 16.1 Å². The zero-order valence-electron chi connectivity index (χ0n) is 5.80. The van der Waals surface area contributed by atoms with Crippen molar-refractivity contribution in [3.05, 3.63) is 27.5 Å². The van der Waals surface area contributed by atoms with Gasteiger partial charge in [0.2, 0.25) is 0 Å². The minimum Gasteiger partial charge on any atom is -0.455 e. The van der Waals surface area contributed by atoms with E-state index >= 15 is 0 Å². The minimum absolute atomic E-state index is 0.161. The van der Waals surface area contributed by atoms with E-state index in [1.807, 2.05) is 0 Å². The first-order chi connectivity index (χ1) is 5.68. The van der Waals surface area contributed by atoms with Gasteiger partial charge in [0.1, 0.15) is 17.3 Å². The van der Waals surface area contributed by atoms with Crippen LogP contribution in [0.4, 0.5) is 0 Å². The van der Waals surface area contributed by atoms with Crippen molar-refractivity contribution in [3.63, 3.8) is 0 Å². The molecule has 0 aliphatic carbocycles. The number of pyridine rings is 1. The van der Waals surface area contributed by atoms with Crippen LogP contribution in [0, 0.1) is 0 Å². The highest BCUT2D eigenvalue weighted by Gasteiger charge is 2.26. The number of hydrogen-bond donors (Lipinski definition) is 0. The average Bonchev–Trinajstić information content (AvgIpc) is 2.31. The Morgan fingerprint density at radius 2 is 2.25 bits per heavy atom.